The lowest BCUT2D eigenvalue weighted by Crippen LogP contribution is -2.35. The van der Waals surface area contributed by atoms with Crippen LogP contribution >= 0.6 is 0 Å². The summed E-state index contributed by atoms with van der Waals surface area (Å²) in [6, 6.07) is 9.88. The Kier molecular flexibility index (Phi) is 5.48. The number of ether oxygens (including phenoxy) is 1. The molecule has 0 radical (unpaired) electrons. The number of benzene rings is 1. The van der Waals surface area contributed by atoms with E-state index >= 15 is 0 Å². The third-order valence-corrected chi connectivity index (χ3v) is 4.34. The van der Waals surface area contributed by atoms with E-state index < -0.39 is 5.97 Å². The van der Waals surface area contributed by atoms with Gasteiger partial charge in [-0.05, 0) is 44.2 Å². The average Bonchev–Trinajstić information content (AvgIpc) is 3.04. The fourth-order valence-corrected chi connectivity index (χ4v) is 2.73. The van der Waals surface area contributed by atoms with Crippen molar-refractivity contribution >= 4 is 11.7 Å². The number of carboxylic acid groups (broad SMARTS) is 1. The molecular formula is C19H22N4O3. The van der Waals surface area contributed by atoms with Crippen LogP contribution < -0.4 is 4.74 Å². The Balaban J connectivity index is 1.57. The number of nitrogens with zero attached hydrogens (tertiary/aromatic N) is 4. The van der Waals surface area contributed by atoms with Gasteiger partial charge in [-0.15, -0.1) is 0 Å². The van der Waals surface area contributed by atoms with Crippen LogP contribution in [0.5, 0.6) is 5.75 Å². The first-order valence-electron chi connectivity index (χ1n) is 8.43. The number of imidazole rings is 1. The van der Waals surface area contributed by atoms with Crippen LogP contribution in [0.2, 0.25) is 0 Å². The van der Waals surface area contributed by atoms with Crippen LogP contribution in [-0.2, 0) is 17.8 Å². The van der Waals surface area contributed by atoms with Gasteiger partial charge in [0, 0.05) is 18.4 Å². The maximum Gasteiger partial charge on any atom is 0.317 e. The summed E-state index contributed by atoms with van der Waals surface area (Å²) in [5.74, 6) is 0.616. The molecule has 1 aromatic carbocycles. The Bertz CT molecular complexity index is 876. The highest BCUT2D eigenvalue weighted by molar-refractivity contribution is 5.69. The summed E-state index contributed by atoms with van der Waals surface area (Å²) in [6.07, 6.45) is 6.16. The molecule has 2 heterocycles. The number of rotatable bonds is 8. The molecule has 1 N–H and O–H groups in total. The van der Waals surface area contributed by atoms with Gasteiger partial charge in [0.1, 0.15) is 12.4 Å². The summed E-state index contributed by atoms with van der Waals surface area (Å²) in [4.78, 5) is 21.0. The van der Waals surface area contributed by atoms with Gasteiger partial charge < -0.3 is 9.84 Å². The van der Waals surface area contributed by atoms with Gasteiger partial charge in [-0.1, -0.05) is 12.1 Å². The summed E-state index contributed by atoms with van der Waals surface area (Å²) in [5.41, 5.74) is 2.07. The zero-order valence-electron chi connectivity index (χ0n) is 14.9. The Hall–Kier alpha value is -2.93. The summed E-state index contributed by atoms with van der Waals surface area (Å²) in [7, 11) is 1.82. The van der Waals surface area contributed by atoms with E-state index in [1.807, 2.05) is 59.8 Å². The van der Waals surface area contributed by atoms with Crippen LogP contribution in [-0.4, -0.2) is 50.0 Å². The maximum atomic E-state index is 10.8. The number of aliphatic carboxylic acids is 1. The number of carbonyl (C=O) groups is 1. The quantitative estimate of drug-likeness (QED) is 0.668. The molecule has 7 nitrogen and oxygen atoms in total. The summed E-state index contributed by atoms with van der Waals surface area (Å²) < 4.78 is 7.74. The van der Waals surface area contributed by atoms with Crippen LogP contribution in [0.25, 0.3) is 5.78 Å². The topological polar surface area (TPSA) is 80.0 Å². The SMILES string of the molecule is C[C@H](Cc1ccc(OCc2cnc3ncccn23)cc1)N(C)CC(=O)O. The zero-order chi connectivity index (χ0) is 18.5. The van der Waals surface area contributed by atoms with Crippen molar-refractivity contribution in [1.82, 2.24) is 19.3 Å². The van der Waals surface area contributed by atoms with Gasteiger partial charge in [0.25, 0.3) is 0 Å². The van der Waals surface area contributed by atoms with E-state index in [0.717, 1.165) is 23.4 Å². The summed E-state index contributed by atoms with van der Waals surface area (Å²) >= 11 is 0. The maximum absolute atomic E-state index is 10.8. The third-order valence-electron chi connectivity index (χ3n) is 4.34. The molecule has 136 valence electrons. The third kappa shape index (κ3) is 4.37. The molecule has 0 saturated heterocycles. The molecule has 0 unspecified atom stereocenters. The Morgan fingerprint density at radius 2 is 2.08 bits per heavy atom. The van der Waals surface area contributed by atoms with Gasteiger partial charge in [0.2, 0.25) is 5.78 Å². The molecule has 0 bridgehead atoms. The van der Waals surface area contributed by atoms with E-state index in [4.69, 9.17) is 9.84 Å². The normalized spacial score (nSPS) is 12.4. The molecule has 0 spiro atoms. The fourth-order valence-electron chi connectivity index (χ4n) is 2.73. The van der Waals surface area contributed by atoms with Crippen LogP contribution in [0, 0.1) is 0 Å². The Morgan fingerprint density at radius 1 is 1.31 bits per heavy atom. The second-order valence-electron chi connectivity index (χ2n) is 6.33. The van der Waals surface area contributed by atoms with E-state index in [1.165, 1.54) is 0 Å². The number of aromatic nitrogens is 3. The van der Waals surface area contributed by atoms with Crippen molar-refractivity contribution in [3.63, 3.8) is 0 Å². The molecule has 0 saturated carbocycles. The number of hydrogen-bond acceptors (Lipinski definition) is 5. The van der Waals surface area contributed by atoms with E-state index in [0.29, 0.717) is 12.4 Å². The highest BCUT2D eigenvalue weighted by Crippen LogP contribution is 2.16. The second kappa shape index (κ2) is 7.97. The van der Waals surface area contributed by atoms with Crippen LogP contribution in [0.3, 0.4) is 0 Å². The minimum absolute atomic E-state index is 0.0382. The number of likely N-dealkylation sites (N-methyl/N-ethyl adjacent to an activating group) is 1. The van der Waals surface area contributed by atoms with Crippen molar-refractivity contribution in [3.8, 4) is 5.75 Å². The monoisotopic (exact) mass is 354 g/mol. The van der Waals surface area contributed by atoms with E-state index in [1.54, 1.807) is 12.4 Å². The van der Waals surface area contributed by atoms with Crippen molar-refractivity contribution < 1.29 is 14.6 Å². The summed E-state index contributed by atoms with van der Waals surface area (Å²) in [6.45, 7) is 2.46. The fraction of sp³-hybridized carbons (Fsp3) is 0.316. The lowest BCUT2D eigenvalue weighted by atomic mass is 10.1. The summed E-state index contributed by atoms with van der Waals surface area (Å²) in [5, 5.41) is 8.87. The number of carboxylic acids is 1. The number of fused-ring (bicyclic) bond motifs is 1. The zero-order valence-corrected chi connectivity index (χ0v) is 14.9. The second-order valence-corrected chi connectivity index (χ2v) is 6.33. The molecule has 3 rings (SSSR count). The van der Waals surface area contributed by atoms with Crippen molar-refractivity contribution in [2.24, 2.45) is 0 Å². The lowest BCUT2D eigenvalue weighted by molar-refractivity contribution is -0.138. The largest absolute Gasteiger partial charge is 0.487 e. The average molecular weight is 354 g/mol. The van der Waals surface area contributed by atoms with Crippen LogP contribution in [0.1, 0.15) is 18.2 Å². The van der Waals surface area contributed by atoms with Gasteiger partial charge in [0.05, 0.1) is 18.4 Å². The van der Waals surface area contributed by atoms with Gasteiger partial charge in [-0.2, -0.15) is 0 Å². The smallest absolute Gasteiger partial charge is 0.317 e. The molecule has 1 atom stereocenters. The highest BCUT2D eigenvalue weighted by atomic mass is 16.5. The molecule has 26 heavy (non-hydrogen) atoms. The first-order valence-corrected chi connectivity index (χ1v) is 8.43. The first-order chi connectivity index (χ1) is 12.5. The number of hydrogen-bond donors (Lipinski definition) is 1. The van der Waals surface area contributed by atoms with Gasteiger partial charge >= 0.3 is 5.97 Å². The lowest BCUT2D eigenvalue weighted by Gasteiger charge is -2.22. The molecular weight excluding hydrogens is 332 g/mol. The van der Waals surface area contributed by atoms with Crippen LogP contribution in [0.15, 0.2) is 48.9 Å². The van der Waals surface area contributed by atoms with Crippen molar-refractivity contribution in [3.05, 3.63) is 60.2 Å². The predicted molar refractivity (Wildman–Crippen MR) is 97.2 cm³/mol. The van der Waals surface area contributed by atoms with Crippen LogP contribution in [0.4, 0.5) is 0 Å². The van der Waals surface area contributed by atoms with E-state index in [9.17, 15) is 4.79 Å². The Labute approximate surface area is 151 Å². The highest BCUT2D eigenvalue weighted by Gasteiger charge is 2.13. The molecule has 0 aliphatic heterocycles. The molecule has 2 aromatic heterocycles. The molecule has 0 amide bonds. The first kappa shape index (κ1) is 17.9. The molecule has 7 heteroatoms. The predicted octanol–water partition coefficient (Wildman–Crippen LogP) is 2.26. The van der Waals surface area contributed by atoms with Crippen molar-refractivity contribution in [2.45, 2.75) is 26.0 Å². The molecule has 3 aromatic rings. The van der Waals surface area contributed by atoms with Crippen molar-refractivity contribution in [2.75, 3.05) is 13.6 Å². The minimum Gasteiger partial charge on any atom is -0.487 e. The molecule has 0 aliphatic carbocycles. The Morgan fingerprint density at radius 3 is 2.81 bits per heavy atom. The van der Waals surface area contributed by atoms with Gasteiger partial charge in [0.15, 0.2) is 0 Å². The van der Waals surface area contributed by atoms with E-state index in [-0.39, 0.29) is 12.6 Å². The minimum atomic E-state index is -0.814. The molecule has 0 fully saturated rings. The molecule has 0 aliphatic rings. The van der Waals surface area contributed by atoms with Gasteiger partial charge in [-0.3, -0.25) is 14.1 Å². The standard InChI is InChI=1S/C19H22N4O3/c1-14(22(2)12-18(24)25)10-15-4-6-17(7-5-15)26-13-16-11-21-19-20-8-3-9-23(16)19/h3-9,11,14H,10,12-13H2,1-2H3,(H,24,25)/t14-/m1/s1. The van der Waals surface area contributed by atoms with Crippen molar-refractivity contribution in [1.29, 1.82) is 0 Å². The van der Waals surface area contributed by atoms with E-state index in [2.05, 4.69) is 9.97 Å². The van der Waals surface area contributed by atoms with Gasteiger partial charge in [-0.25, -0.2) is 9.97 Å².